The van der Waals surface area contributed by atoms with Crippen molar-refractivity contribution in [3.8, 4) is 0 Å². The van der Waals surface area contributed by atoms with Crippen LogP contribution in [-0.4, -0.2) is 19.1 Å². The van der Waals surface area contributed by atoms with Crippen LogP contribution in [0.5, 0.6) is 0 Å². The Balaban J connectivity index is 3.46. The highest BCUT2D eigenvalue weighted by molar-refractivity contribution is 5.82. The molecule has 1 unspecified atom stereocenters. The standard InChI is InChI=1S/C14H18F3NO2/c1-9(2)18-13(3,12(19)20-4)10-7-5-6-8-11(10)14(15,16)17/h5-9,18H,1-4H3. The molecule has 1 atom stereocenters. The van der Waals surface area contributed by atoms with Gasteiger partial charge in [0.1, 0.15) is 5.54 Å². The van der Waals surface area contributed by atoms with E-state index in [0.717, 1.165) is 13.2 Å². The van der Waals surface area contributed by atoms with E-state index >= 15 is 0 Å². The number of hydrogen-bond donors (Lipinski definition) is 1. The molecule has 0 saturated heterocycles. The second-order valence-corrected chi connectivity index (χ2v) is 4.96. The first-order valence-electron chi connectivity index (χ1n) is 6.15. The van der Waals surface area contributed by atoms with E-state index in [1.807, 2.05) is 0 Å². The summed E-state index contributed by atoms with van der Waals surface area (Å²) in [4.78, 5) is 12.0. The van der Waals surface area contributed by atoms with Crippen LogP contribution in [0.25, 0.3) is 0 Å². The summed E-state index contributed by atoms with van der Waals surface area (Å²) >= 11 is 0. The van der Waals surface area contributed by atoms with Gasteiger partial charge in [0, 0.05) is 6.04 Å². The second kappa shape index (κ2) is 5.83. The Morgan fingerprint density at radius 2 is 1.70 bits per heavy atom. The lowest BCUT2D eigenvalue weighted by Gasteiger charge is -2.32. The predicted octanol–water partition coefficient (Wildman–Crippen LogP) is 3.09. The SMILES string of the molecule is COC(=O)C(C)(NC(C)C)c1ccccc1C(F)(F)F. The first-order valence-corrected chi connectivity index (χ1v) is 6.15. The average Bonchev–Trinajstić information content (AvgIpc) is 2.35. The highest BCUT2D eigenvalue weighted by Gasteiger charge is 2.44. The molecule has 0 aliphatic carbocycles. The normalized spacial score (nSPS) is 15.0. The first-order chi connectivity index (χ1) is 9.13. The minimum atomic E-state index is -4.54. The number of hydrogen-bond acceptors (Lipinski definition) is 3. The third kappa shape index (κ3) is 3.30. The highest BCUT2D eigenvalue weighted by Crippen LogP contribution is 2.37. The first kappa shape index (κ1) is 16.5. The Morgan fingerprint density at radius 3 is 2.10 bits per heavy atom. The van der Waals surface area contributed by atoms with Gasteiger partial charge in [0.15, 0.2) is 0 Å². The Morgan fingerprint density at radius 1 is 1.20 bits per heavy atom. The van der Waals surface area contributed by atoms with Crippen LogP contribution in [0.15, 0.2) is 24.3 Å². The second-order valence-electron chi connectivity index (χ2n) is 4.96. The molecule has 0 spiro atoms. The molecule has 1 aromatic carbocycles. The fourth-order valence-electron chi connectivity index (χ4n) is 2.19. The Kier molecular flexibility index (Phi) is 4.81. The summed E-state index contributed by atoms with van der Waals surface area (Å²) in [6, 6.07) is 4.81. The number of benzene rings is 1. The number of nitrogens with one attached hydrogen (secondary N) is 1. The van der Waals surface area contributed by atoms with Crippen molar-refractivity contribution in [1.82, 2.24) is 5.32 Å². The number of halogens is 3. The lowest BCUT2D eigenvalue weighted by atomic mass is 9.87. The molecule has 20 heavy (non-hydrogen) atoms. The quantitative estimate of drug-likeness (QED) is 0.866. The summed E-state index contributed by atoms with van der Waals surface area (Å²) in [5.74, 6) is -0.761. The van der Waals surface area contributed by atoms with E-state index in [2.05, 4.69) is 10.1 Å². The molecule has 0 fully saturated rings. The van der Waals surface area contributed by atoms with Gasteiger partial charge in [-0.25, -0.2) is 4.79 Å². The Hall–Kier alpha value is -1.56. The van der Waals surface area contributed by atoms with E-state index in [1.54, 1.807) is 13.8 Å². The van der Waals surface area contributed by atoms with Gasteiger partial charge >= 0.3 is 12.1 Å². The van der Waals surface area contributed by atoms with Crippen molar-refractivity contribution < 1.29 is 22.7 Å². The average molecular weight is 289 g/mol. The topological polar surface area (TPSA) is 38.3 Å². The van der Waals surface area contributed by atoms with Gasteiger partial charge in [0.25, 0.3) is 0 Å². The number of ether oxygens (including phenoxy) is 1. The minimum Gasteiger partial charge on any atom is -0.467 e. The molecule has 0 aliphatic heterocycles. The third-order valence-corrected chi connectivity index (χ3v) is 2.94. The molecule has 0 bridgehead atoms. The zero-order valence-electron chi connectivity index (χ0n) is 11.8. The van der Waals surface area contributed by atoms with Gasteiger partial charge < -0.3 is 4.74 Å². The van der Waals surface area contributed by atoms with Crippen molar-refractivity contribution in [2.45, 2.75) is 38.5 Å². The largest absolute Gasteiger partial charge is 0.467 e. The van der Waals surface area contributed by atoms with E-state index in [4.69, 9.17) is 0 Å². The zero-order valence-corrected chi connectivity index (χ0v) is 11.8. The molecular formula is C14H18F3NO2. The fourth-order valence-corrected chi connectivity index (χ4v) is 2.19. The zero-order chi connectivity index (χ0) is 15.6. The lowest BCUT2D eigenvalue weighted by molar-refractivity contribution is -0.150. The van der Waals surface area contributed by atoms with Crippen molar-refractivity contribution in [1.29, 1.82) is 0 Å². The van der Waals surface area contributed by atoms with Crippen molar-refractivity contribution in [2.24, 2.45) is 0 Å². The van der Waals surface area contributed by atoms with Crippen LogP contribution >= 0.6 is 0 Å². The number of alkyl halides is 3. The van der Waals surface area contributed by atoms with Crippen LogP contribution in [0.3, 0.4) is 0 Å². The Labute approximate surface area is 116 Å². The minimum absolute atomic E-state index is 0.145. The molecule has 6 heteroatoms. The van der Waals surface area contributed by atoms with Crippen molar-refractivity contribution in [2.75, 3.05) is 7.11 Å². The molecular weight excluding hydrogens is 271 g/mol. The molecule has 0 radical (unpaired) electrons. The molecule has 1 N–H and O–H groups in total. The van der Waals surface area contributed by atoms with Gasteiger partial charge in [-0.1, -0.05) is 18.2 Å². The molecule has 0 aromatic heterocycles. The lowest BCUT2D eigenvalue weighted by Crippen LogP contribution is -2.51. The van der Waals surface area contributed by atoms with Gasteiger partial charge in [-0.2, -0.15) is 13.2 Å². The monoisotopic (exact) mass is 289 g/mol. The highest BCUT2D eigenvalue weighted by atomic mass is 19.4. The van der Waals surface area contributed by atoms with Crippen molar-refractivity contribution in [3.63, 3.8) is 0 Å². The summed E-state index contributed by atoms with van der Waals surface area (Å²) in [6.07, 6.45) is -4.54. The van der Waals surface area contributed by atoms with E-state index in [0.29, 0.717) is 0 Å². The van der Waals surface area contributed by atoms with Crippen LogP contribution in [0.1, 0.15) is 31.9 Å². The summed E-state index contributed by atoms with van der Waals surface area (Å²) in [5, 5.41) is 2.86. The van der Waals surface area contributed by atoms with Gasteiger partial charge in [0.05, 0.1) is 12.7 Å². The number of esters is 1. The smallest absolute Gasteiger partial charge is 0.416 e. The summed E-state index contributed by atoms with van der Waals surface area (Å²) in [7, 11) is 1.15. The maximum atomic E-state index is 13.1. The molecule has 112 valence electrons. The summed E-state index contributed by atoms with van der Waals surface area (Å²) in [6.45, 7) is 4.89. The van der Waals surface area contributed by atoms with E-state index in [9.17, 15) is 18.0 Å². The van der Waals surface area contributed by atoms with Crippen LogP contribution in [0.2, 0.25) is 0 Å². The predicted molar refractivity (Wildman–Crippen MR) is 69.1 cm³/mol. The summed E-state index contributed by atoms with van der Waals surface area (Å²) < 4.78 is 44.0. The van der Waals surface area contributed by atoms with Crippen LogP contribution in [-0.2, 0) is 21.2 Å². The number of rotatable bonds is 4. The van der Waals surface area contributed by atoms with Crippen molar-refractivity contribution in [3.05, 3.63) is 35.4 Å². The molecule has 0 heterocycles. The molecule has 1 rings (SSSR count). The van der Waals surface area contributed by atoms with Crippen LogP contribution in [0.4, 0.5) is 13.2 Å². The maximum Gasteiger partial charge on any atom is 0.416 e. The molecule has 0 saturated carbocycles. The van der Waals surface area contributed by atoms with Gasteiger partial charge in [-0.3, -0.25) is 5.32 Å². The van der Waals surface area contributed by atoms with E-state index < -0.39 is 23.2 Å². The molecule has 1 aromatic rings. The maximum absolute atomic E-state index is 13.1. The summed E-state index contributed by atoms with van der Waals surface area (Å²) in [5.41, 5.74) is -2.55. The van der Waals surface area contributed by atoms with Gasteiger partial charge in [-0.15, -0.1) is 0 Å². The molecule has 0 amide bonds. The number of carbonyl (C=O) groups is 1. The Bertz CT molecular complexity index is 486. The number of methoxy groups -OCH3 is 1. The molecule has 0 aliphatic rings. The fraction of sp³-hybridized carbons (Fsp3) is 0.500. The van der Waals surface area contributed by atoms with Crippen LogP contribution < -0.4 is 5.32 Å². The van der Waals surface area contributed by atoms with E-state index in [-0.39, 0.29) is 11.6 Å². The number of carbonyl (C=O) groups excluding carboxylic acids is 1. The van der Waals surface area contributed by atoms with Crippen molar-refractivity contribution >= 4 is 5.97 Å². The van der Waals surface area contributed by atoms with Crippen LogP contribution in [0, 0.1) is 0 Å². The van der Waals surface area contributed by atoms with Gasteiger partial charge in [-0.05, 0) is 32.4 Å². The molecule has 3 nitrogen and oxygen atoms in total. The van der Waals surface area contributed by atoms with E-state index in [1.165, 1.54) is 25.1 Å². The third-order valence-electron chi connectivity index (χ3n) is 2.94. The van der Waals surface area contributed by atoms with Gasteiger partial charge in [0.2, 0.25) is 0 Å².